The van der Waals surface area contributed by atoms with Gasteiger partial charge in [-0.3, -0.25) is 0 Å². The Kier molecular flexibility index (Phi) is 3.36. The van der Waals surface area contributed by atoms with Gasteiger partial charge in [0.05, 0.1) is 0 Å². The van der Waals surface area contributed by atoms with E-state index in [0.29, 0.717) is 0 Å². The van der Waals surface area contributed by atoms with Gasteiger partial charge in [0.25, 0.3) is 0 Å². The van der Waals surface area contributed by atoms with Crippen LogP contribution in [-0.2, 0) is 7.05 Å². The average Bonchev–Trinajstić information content (AvgIpc) is 3.09. The van der Waals surface area contributed by atoms with E-state index in [2.05, 4.69) is 29.2 Å². The zero-order chi connectivity index (χ0) is 13.1. The summed E-state index contributed by atoms with van der Waals surface area (Å²) < 4.78 is 7.87. The normalized spacial score (nSPS) is 15.5. The van der Waals surface area contributed by atoms with Crippen LogP contribution in [0.25, 0.3) is 12.2 Å². The lowest BCUT2D eigenvalue weighted by Gasteiger charge is -2.12. The van der Waals surface area contributed by atoms with E-state index in [1.165, 1.54) is 18.4 Å². The van der Waals surface area contributed by atoms with Gasteiger partial charge < -0.3 is 9.32 Å². The lowest BCUT2D eigenvalue weighted by atomic mass is 10.2. The first kappa shape index (κ1) is 12.0. The average molecular weight is 255 g/mol. The molecule has 3 heteroatoms. The van der Waals surface area contributed by atoms with E-state index < -0.39 is 0 Å². The highest BCUT2D eigenvalue weighted by molar-refractivity contribution is 5.67. The first-order valence-electron chi connectivity index (χ1n) is 6.79. The quantitative estimate of drug-likeness (QED) is 0.786. The largest absolute Gasteiger partial charge is 0.441 e. The fourth-order valence-electron chi connectivity index (χ4n) is 2.34. The number of rotatable bonds is 3. The molecule has 19 heavy (non-hydrogen) atoms. The van der Waals surface area contributed by atoms with Gasteiger partial charge in [-0.25, -0.2) is 4.57 Å². The predicted octanol–water partition coefficient (Wildman–Crippen LogP) is 2.87. The highest BCUT2D eigenvalue weighted by atomic mass is 16.4. The molecule has 98 valence electrons. The second-order valence-electron chi connectivity index (χ2n) is 5.00. The molecule has 1 aliphatic rings. The lowest BCUT2D eigenvalue weighted by Crippen LogP contribution is -2.25. The van der Waals surface area contributed by atoms with Gasteiger partial charge in [0.1, 0.15) is 12.8 Å². The van der Waals surface area contributed by atoms with Crippen LogP contribution in [0.4, 0.5) is 5.88 Å². The number of pyridine rings is 1. The summed E-state index contributed by atoms with van der Waals surface area (Å²) in [4.78, 5) is 2.31. The predicted molar refractivity (Wildman–Crippen MR) is 76.7 cm³/mol. The van der Waals surface area contributed by atoms with Gasteiger partial charge in [-0.05, 0) is 30.5 Å². The molecule has 0 saturated carbocycles. The van der Waals surface area contributed by atoms with E-state index in [4.69, 9.17) is 4.42 Å². The van der Waals surface area contributed by atoms with Gasteiger partial charge in [0.15, 0.2) is 18.3 Å². The fourth-order valence-corrected chi connectivity index (χ4v) is 2.34. The van der Waals surface area contributed by atoms with Crippen molar-refractivity contribution in [1.82, 2.24) is 0 Å². The van der Waals surface area contributed by atoms with Crippen molar-refractivity contribution in [3.8, 4) is 0 Å². The molecule has 2 aromatic rings. The zero-order valence-electron chi connectivity index (χ0n) is 11.2. The van der Waals surface area contributed by atoms with E-state index in [1.54, 1.807) is 0 Å². The van der Waals surface area contributed by atoms with Gasteiger partial charge in [-0.2, -0.15) is 0 Å². The molecule has 1 fully saturated rings. The van der Waals surface area contributed by atoms with Crippen molar-refractivity contribution in [3.05, 3.63) is 48.0 Å². The van der Waals surface area contributed by atoms with Crippen molar-refractivity contribution in [2.45, 2.75) is 12.8 Å². The molecule has 1 aliphatic heterocycles. The van der Waals surface area contributed by atoms with Crippen molar-refractivity contribution >= 4 is 18.0 Å². The minimum atomic E-state index is 0.912. The number of anilines is 1. The van der Waals surface area contributed by atoms with Gasteiger partial charge in [0.2, 0.25) is 0 Å². The van der Waals surface area contributed by atoms with Crippen molar-refractivity contribution in [2.75, 3.05) is 18.0 Å². The first-order chi connectivity index (χ1) is 9.31. The number of hydrogen-bond acceptors (Lipinski definition) is 2. The summed E-state index contributed by atoms with van der Waals surface area (Å²) in [6.07, 6.45) is 10.7. The van der Waals surface area contributed by atoms with Crippen LogP contribution >= 0.6 is 0 Å². The Balaban J connectivity index is 1.71. The molecule has 0 amide bonds. The van der Waals surface area contributed by atoms with E-state index in [-0.39, 0.29) is 0 Å². The summed E-state index contributed by atoms with van der Waals surface area (Å²) in [5.74, 6) is 1.91. The molecule has 3 heterocycles. The van der Waals surface area contributed by atoms with Crippen LogP contribution in [0.5, 0.6) is 0 Å². The SMILES string of the molecule is C[n+]1ccc(/C=C/c2ccc(N3CCCC3)o2)cc1. The Morgan fingerprint density at radius 2 is 1.79 bits per heavy atom. The van der Waals surface area contributed by atoms with Crippen LogP contribution in [0.2, 0.25) is 0 Å². The second-order valence-corrected chi connectivity index (χ2v) is 5.00. The third kappa shape index (κ3) is 2.87. The number of aryl methyl sites for hydroxylation is 1. The molecular formula is C16H19N2O+. The molecule has 0 N–H and O–H groups in total. The van der Waals surface area contributed by atoms with Crippen LogP contribution in [-0.4, -0.2) is 13.1 Å². The van der Waals surface area contributed by atoms with Crippen molar-refractivity contribution < 1.29 is 8.98 Å². The molecule has 0 unspecified atom stereocenters. The van der Waals surface area contributed by atoms with E-state index in [1.807, 2.05) is 36.2 Å². The third-order valence-corrected chi connectivity index (χ3v) is 3.47. The summed E-state index contributed by atoms with van der Waals surface area (Å²) in [7, 11) is 2.02. The highest BCUT2D eigenvalue weighted by Crippen LogP contribution is 2.23. The summed E-state index contributed by atoms with van der Waals surface area (Å²) in [5, 5.41) is 0. The van der Waals surface area contributed by atoms with Gasteiger partial charge in [0, 0.05) is 31.3 Å². The van der Waals surface area contributed by atoms with Crippen LogP contribution < -0.4 is 9.47 Å². The molecule has 0 aromatic carbocycles. The smallest absolute Gasteiger partial charge is 0.196 e. The molecule has 0 spiro atoms. The van der Waals surface area contributed by atoms with Crippen molar-refractivity contribution in [3.63, 3.8) is 0 Å². The minimum absolute atomic E-state index is 0.912. The molecule has 3 rings (SSSR count). The summed E-state index contributed by atoms with van der Waals surface area (Å²) in [6, 6.07) is 8.27. The Bertz CT molecular complexity index is 563. The van der Waals surface area contributed by atoms with E-state index in [0.717, 1.165) is 24.7 Å². The van der Waals surface area contributed by atoms with E-state index in [9.17, 15) is 0 Å². The van der Waals surface area contributed by atoms with Gasteiger partial charge >= 0.3 is 0 Å². The number of hydrogen-bond donors (Lipinski definition) is 0. The number of furan rings is 1. The second kappa shape index (κ2) is 5.31. The molecule has 1 saturated heterocycles. The maximum atomic E-state index is 5.85. The Morgan fingerprint density at radius 3 is 2.53 bits per heavy atom. The molecule has 0 radical (unpaired) electrons. The topological polar surface area (TPSA) is 20.3 Å². The fraction of sp³-hybridized carbons (Fsp3) is 0.312. The Hall–Kier alpha value is -2.03. The standard InChI is InChI=1S/C16H19N2O/c1-17-12-8-14(9-13-17)4-5-15-6-7-16(19-15)18-10-2-3-11-18/h4-9,12-13H,2-3,10-11H2,1H3/q+1. The summed E-state index contributed by atoms with van der Waals surface area (Å²) >= 11 is 0. The molecule has 0 aliphatic carbocycles. The van der Waals surface area contributed by atoms with Crippen LogP contribution in [0.15, 0.2) is 41.1 Å². The van der Waals surface area contributed by atoms with Crippen molar-refractivity contribution in [2.24, 2.45) is 7.05 Å². The highest BCUT2D eigenvalue weighted by Gasteiger charge is 2.14. The first-order valence-corrected chi connectivity index (χ1v) is 6.79. The Morgan fingerprint density at radius 1 is 1.05 bits per heavy atom. The third-order valence-electron chi connectivity index (χ3n) is 3.47. The van der Waals surface area contributed by atoms with Gasteiger partial charge in [-0.15, -0.1) is 0 Å². The van der Waals surface area contributed by atoms with Crippen LogP contribution in [0.1, 0.15) is 24.2 Å². The number of aromatic nitrogens is 1. The van der Waals surface area contributed by atoms with E-state index >= 15 is 0 Å². The molecule has 0 atom stereocenters. The van der Waals surface area contributed by atoms with Crippen molar-refractivity contribution in [1.29, 1.82) is 0 Å². The van der Waals surface area contributed by atoms with Gasteiger partial charge in [-0.1, -0.05) is 6.08 Å². The molecule has 3 nitrogen and oxygen atoms in total. The molecule has 0 bridgehead atoms. The maximum Gasteiger partial charge on any atom is 0.196 e. The minimum Gasteiger partial charge on any atom is -0.441 e. The Labute approximate surface area is 113 Å². The molecule has 2 aromatic heterocycles. The zero-order valence-corrected chi connectivity index (χ0v) is 11.2. The molecular weight excluding hydrogens is 236 g/mol. The maximum absolute atomic E-state index is 5.85. The number of nitrogens with zero attached hydrogens (tertiary/aromatic N) is 2. The van der Waals surface area contributed by atoms with Crippen LogP contribution in [0, 0.1) is 0 Å². The monoisotopic (exact) mass is 255 g/mol. The van der Waals surface area contributed by atoms with Crippen LogP contribution in [0.3, 0.4) is 0 Å². The lowest BCUT2D eigenvalue weighted by molar-refractivity contribution is -0.671. The summed E-state index contributed by atoms with van der Waals surface area (Å²) in [6.45, 7) is 2.23. The summed E-state index contributed by atoms with van der Waals surface area (Å²) in [5.41, 5.74) is 1.18.